The number of aromatic nitrogens is 3. The van der Waals surface area contributed by atoms with Crippen LogP contribution >= 0.6 is 11.8 Å². The molecule has 7 nitrogen and oxygen atoms in total. The predicted molar refractivity (Wildman–Crippen MR) is 113 cm³/mol. The van der Waals surface area contributed by atoms with Gasteiger partial charge in [0.1, 0.15) is 6.54 Å². The molecule has 2 aromatic carbocycles. The maximum Gasteiger partial charge on any atom is 0.244 e. The third kappa shape index (κ3) is 3.01. The Kier molecular flexibility index (Phi) is 4.21. The van der Waals surface area contributed by atoms with Crippen LogP contribution in [-0.4, -0.2) is 38.7 Å². The van der Waals surface area contributed by atoms with Crippen LogP contribution in [0.3, 0.4) is 0 Å². The van der Waals surface area contributed by atoms with Crippen molar-refractivity contribution in [1.29, 1.82) is 0 Å². The molecular weight excluding hydrogens is 386 g/mol. The third-order valence-electron chi connectivity index (χ3n) is 4.97. The molecule has 0 aliphatic carbocycles. The molecule has 0 radical (unpaired) electrons. The van der Waals surface area contributed by atoms with Crippen molar-refractivity contribution in [2.45, 2.75) is 12.1 Å². The van der Waals surface area contributed by atoms with Gasteiger partial charge in [0.2, 0.25) is 11.8 Å². The summed E-state index contributed by atoms with van der Waals surface area (Å²) in [6.45, 7) is 2.06. The Bertz CT molecular complexity index is 1280. The standard InChI is InChI=1S/C21H17N5O2S/c1-13-10-18-23-24-21(26(18)16-8-4-2-6-14(13)16)29-12-20(28)25-11-19(27)22-15-7-3-5-9-17(15)25/h2-10H,11-12H2,1H3,(H,22,27). The van der Waals surface area contributed by atoms with Gasteiger partial charge < -0.3 is 10.2 Å². The molecular formula is C21H17N5O2S. The maximum atomic E-state index is 12.9. The quantitative estimate of drug-likeness (QED) is 0.531. The number of thioether (sulfide) groups is 1. The first-order chi connectivity index (χ1) is 14.1. The Balaban J connectivity index is 1.45. The van der Waals surface area contributed by atoms with Crippen molar-refractivity contribution in [1.82, 2.24) is 14.6 Å². The first kappa shape index (κ1) is 17.7. The van der Waals surface area contributed by atoms with Crippen molar-refractivity contribution >= 4 is 51.5 Å². The van der Waals surface area contributed by atoms with Crippen LogP contribution in [0, 0.1) is 6.92 Å². The molecule has 8 heteroatoms. The summed E-state index contributed by atoms with van der Waals surface area (Å²) in [6, 6.07) is 17.4. The van der Waals surface area contributed by atoms with Crippen molar-refractivity contribution in [2.24, 2.45) is 0 Å². The monoisotopic (exact) mass is 403 g/mol. The average molecular weight is 403 g/mol. The van der Waals surface area contributed by atoms with Crippen LogP contribution in [0.2, 0.25) is 0 Å². The van der Waals surface area contributed by atoms with Gasteiger partial charge in [-0.15, -0.1) is 10.2 Å². The van der Waals surface area contributed by atoms with Gasteiger partial charge in [-0.25, -0.2) is 0 Å². The van der Waals surface area contributed by atoms with Crippen LogP contribution in [0.1, 0.15) is 5.56 Å². The second-order valence-corrected chi connectivity index (χ2v) is 7.80. The number of aryl methyl sites for hydroxylation is 1. The highest BCUT2D eigenvalue weighted by atomic mass is 32.2. The van der Waals surface area contributed by atoms with E-state index >= 15 is 0 Å². The zero-order chi connectivity index (χ0) is 20.0. The second kappa shape index (κ2) is 6.89. The number of para-hydroxylation sites is 3. The lowest BCUT2D eigenvalue weighted by Crippen LogP contribution is -2.43. The van der Waals surface area contributed by atoms with Crippen LogP contribution in [0.25, 0.3) is 16.6 Å². The molecule has 1 N–H and O–H groups in total. The van der Waals surface area contributed by atoms with Gasteiger partial charge in [0.15, 0.2) is 10.8 Å². The van der Waals surface area contributed by atoms with E-state index in [9.17, 15) is 9.59 Å². The number of benzene rings is 2. The van der Waals surface area contributed by atoms with Crippen LogP contribution < -0.4 is 10.2 Å². The maximum absolute atomic E-state index is 12.9. The number of hydrogen-bond donors (Lipinski definition) is 1. The van der Waals surface area contributed by atoms with Crippen molar-refractivity contribution in [3.05, 3.63) is 60.2 Å². The summed E-state index contributed by atoms with van der Waals surface area (Å²) in [6.07, 6.45) is 0. The van der Waals surface area contributed by atoms with Gasteiger partial charge in [-0.3, -0.25) is 14.0 Å². The minimum atomic E-state index is -0.198. The molecule has 0 spiro atoms. The average Bonchev–Trinajstić information content (AvgIpc) is 3.14. The van der Waals surface area contributed by atoms with Crippen molar-refractivity contribution in [2.75, 3.05) is 22.5 Å². The highest BCUT2D eigenvalue weighted by Gasteiger charge is 2.27. The molecule has 144 valence electrons. The van der Waals surface area contributed by atoms with E-state index in [1.54, 1.807) is 6.07 Å². The minimum absolute atomic E-state index is 0.0130. The van der Waals surface area contributed by atoms with E-state index in [1.807, 2.05) is 53.8 Å². The van der Waals surface area contributed by atoms with Gasteiger partial charge in [0.05, 0.1) is 22.6 Å². The molecule has 5 rings (SSSR count). The fraction of sp³-hybridized carbons (Fsp3) is 0.143. The molecule has 0 fully saturated rings. The van der Waals surface area contributed by atoms with E-state index in [0.717, 1.165) is 22.1 Å². The van der Waals surface area contributed by atoms with Crippen molar-refractivity contribution < 1.29 is 9.59 Å². The summed E-state index contributed by atoms with van der Waals surface area (Å²) in [5.41, 5.74) is 4.24. The molecule has 1 aliphatic heterocycles. The largest absolute Gasteiger partial charge is 0.323 e. The molecule has 0 bridgehead atoms. The van der Waals surface area contributed by atoms with E-state index in [2.05, 4.69) is 21.6 Å². The van der Waals surface area contributed by atoms with Gasteiger partial charge in [-0.1, -0.05) is 42.1 Å². The van der Waals surface area contributed by atoms with E-state index in [4.69, 9.17) is 0 Å². The minimum Gasteiger partial charge on any atom is -0.323 e. The summed E-state index contributed by atoms with van der Waals surface area (Å²) in [4.78, 5) is 26.4. The number of nitrogens with zero attached hydrogens (tertiary/aromatic N) is 4. The number of anilines is 2. The summed E-state index contributed by atoms with van der Waals surface area (Å²) in [5, 5.41) is 13.1. The number of pyridine rings is 1. The van der Waals surface area contributed by atoms with E-state index < -0.39 is 0 Å². The predicted octanol–water partition coefficient (Wildman–Crippen LogP) is 3.27. The number of fused-ring (bicyclic) bond motifs is 4. The topological polar surface area (TPSA) is 79.6 Å². The van der Waals surface area contributed by atoms with Crippen LogP contribution in [0.15, 0.2) is 59.8 Å². The van der Waals surface area contributed by atoms with Crippen molar-refractivity contribution in [3.63, 3.8) is 0 Å². The molecule has 0 saturated heterocycles. The highest BCUT2D eigenvalue weighted by Crippen LogP contribution is 2.30. The molecule has 4 aromatic rings. The fourth-order valence-electron chi connectivity index (χ4n) is 3.63. The lowest BCUT2D eigenvalue weighted by molar-refractivity contribution is -0.120. The second-order valence-electron chi connectivity index (χ2n) is 6.85. The molecule has 0 saturated carbocycles. The fourth-order valence-corrected chi connectivity index (χ4v) is 4.46. The Morgan fingerprint density at radius 1 is 1.14 bits per heavy atom. The van der Waals surface area contributed by atoms with Gasteiger partial charge in [-0.05, 0) is 36.8 Å². The van der Waals surface area contributed by atoms with Crippen LogP contribution in [0.4, 0.5) is 11.4 Å². The summed E-state index contributed by atoms with van der Waals surface area (Å²) in [5.74, 6) is -0.188. The summed E-state index contributed by atoms with van der Waals surface area (Å²) < 4.78 is 1.97. The normalized spacial score (nSPS) is 13.6. The number of carbonyl (C=O) groups is 2. The zero-order valence-electron chi connectivity index (χ0n) is 15.6. The van der Waals surface area contributed by atoms with Crippen molar-refractivity contribution in [3.8, 4) is 0 Å². The number of nitrogens with one attached hydrogen (secondary N) is 1. The third-order valence-corrected chi connectivity index (χ3v) is 5.88. The lowest BCUT2D eigenvalue weighted by atomic mass is 10.1. The molecule has 0 atom stereocenters. The van der Waals surface area contributed by atoms with Crippen LogP contribution in [0.5, 0.6) is 0 Å². The van der Waals surface area contributed by atoms with Gasteiger partial charge in [0, 0.05) is 5.39 Å². The summed E-state index contributed by atoms with van der Waals surface area (Å²) in [7, 11) is 0. The van der Waals surface area contributed by atoms with E-state index in [1.165, 1.54) is 16.7 Å². The first-order valence-electron chi connectivity index (χ1n) is 9.17. The Hall–Kier alpha value is -3.39. The van der Waals surface area contributed by atoms with Crippen LogP contribution in [-0.2, 0) is 9.59 Å². The number of rotatable bonds is 3. The Morgan fingerprint density at radius 2 is 1.93 bits per heavy atom. The number of carbonyl (C=O) groups excluding carboxylic acids is 2. The molecule has 29 heavy (non-hydrogen) atoms. The molecule has 2 aromatic heterocycles. The van der Waals surface area contributed by atoms with E-state index in [0.29, 0.717) is 16.5 Å². The Morgan fingerprint density at radius 3 is 2.83 bits per heavy atom. The Labute approximate surface area is 170 Å². The summed E-state index contributed by atoms with van der Waals surface area (Å²) >= 11 is 1.32. The van der Waals surface area contributed by atoms with E-state index in [-0.39, 0.29) is 24.1 Å². The van der Waals surface area contributed by atoms with Gasteiger partial charge in [0.25, 0.3) is 0 Å². The zero-order valence-corrected chi connectivity index (χ0v) is 16.4. The molecule has 0 unspecified atom stereocenters. The van der Waals surface area contributed by atoms with Gasteiger partial charge in [-0.2, -0.15) is 0 Å². The van der Waals surface area contributed by atoms with Gasteiger partial charge >= 0.3 is 0 Å². The molecule has 3 heterocycles. The molecule has 2 amide bonds. The lowest BCUT2D eigenvalue weighted by Gasteiger charge is -2.28. The smallest absolute Gasteiger partial charge is 0.244 e. The first-order valence-corrected chi connectivity index (χ1v) is 10.2. The highest BCUT2D eigenvalue weighted by molar-refractivity contribution is 7.99. The SMILES string of the molecule is Cc1cc2nnc(SCC(=O)N3CC(=O)Nc4ccccc43)n2c2ccccc12. The molecule has 1 aliphatic rings. The number of amides is 2. The number of hydrogen-bond acceptors (Lipinski definition) is 5.